The lowest BCUT2D eigenvalue weighted by molar-refractivity contribution is -0.0926. The summed E-state index contributed by atoms with van der Waals surface area (Å²) >= 11 is 1.82. The second kappa shape index (κ2) is 7.57. The lowest BCUT2D eigenvalue weighted by Crippen LogP contribution is -2.48. The van der Waals surface area contributed by atoms with Gasteiger partial charge in [0.25, 0.3) is 5.91 Å². The molecule has 7 heteroatoms. The summed E-state index contributed by atoms with van der Waals surface area (Å²) in [6.45, 7) is 2.13. The summed E-state index contributed by atoms with van der Waals surface area (Å²) < 4.78 is 6.23. The minimum absolute atomic E-state index is 0.0209. The number of nitrogens with zero attached hydrogens (tertiary/aromatic N) is 3. The number of ether oxygens (including phenoxy) is 1. The number of thiophene rings is 1. The van der Waals surface area contributed by atoms with Crippen LogP contribution in [0.2, 0.25) is 0 Å². The van der Waals surface area contributed by atoms with Crippen LogP contribution in [0, 0.1) is 0 Å². The number of amides is 1. The number of piperidine rings is 1. The number of aromatic nitrogens is 2. The zero-order valence-electron chi connectivity index (χ0n) is 16.0. The van der Waals surface area contributed by atoms with Gasteiger partial charge in [-0.25, -0.2) is 9.97 Å². The van der Waals surface area contributed by atoms with Crippen LogP contribution < -0.4 is 5.32 Å². The topological polar surface area (TPSA) is 67.4 Å². The van der Waals surface area contributed by atoms with Crippen molar-refractivity contribution in [3.8, 4) is 0 Å². The first-order valence-electron chi connectivity index (χ1n) is 9.88. The van der Waals surface area contributed by atoms with E-state index in [1.807, 2.05) is 46.6 Å². The zero-order chi connectivity index (χ0) is 19.7. The van der Waals surface area contributed by atoms with Gasteiger partial charge < -0.3 is 15.0 Å². The van der Waals surface area contributed by atoms with Gasteiger partial charge in [-0.1, -0.05) is 18.2 Å². The first kappa shape index (κ1) is 18.3. The molecule has 1 amide bonds. The molecule has 29 heavy (non-hydrogen) atoms. The highest BCUT2D eigenvalue weighted by Crippen LogP contribution is 2.43. The molecule has 148 valence electrons. The van der Waals surface area contributed by atoms with Crippen molar-refractivity contribution in [3.05, 3.63) is 70.2 Å². The average molecular weight is 407 g/mol. The lowest BCUT2D eigenvalue weighted by atomic mass is 9.82. The van der Waals surface area contributed by atoms with Gasteiger partial charge >= 0.3 is 0 Å². The molecule has 1 fully saturated rings. The number of para-hydroxylation sites is 1. The second-order valence-electron chi connectivity index (χ2n) is 7.43. The average Bonchev–Trinajstić information content (AvgIpc) is 3.26. The fourth-order valence-electron chi connectivity index (χ4n) is 4.18. The molecule has 2 aromatic heterocycles. The van der Waals surface area contributed by atoms with Crippen molar-refractivity contribution in [2.24, 2.45) is 0 Å². The number of hydrogen-bond acceptors (Lipinski definition) is 6. The quantitative estimate of drug-likeness (QED) is 0.712. The van der Waals surface area contributed by atoms with E-state index in [1.165, 1.54) is 10.4 Å². The van der Waals surface area contributed by atoms with E-state index in [-0.39, 0.29) is 11.5 Å². The Morgan fingerprint density at radius 3 is 2.62 bits per heavy atom. The minimum atomic E-state index is -0.218. The smallest absolute Gasteiger partial charge is 0.256 e. The summed E-state index contributed by atoms with van der Waals surface area (Å²) in [6, 6.07) is 11.9. The predicted molar refractivity (Wildman–Crippen MR) is 113 cm³/mol. The Kier molecular flexibility index (Phi) is 4.77. The molecule has 0 aliphatic carbocycles. The van der Waals surface area contributed by atoms with E-state index in [0.29, 0.717) is 24.6 Å². The number of likely N-dealkylation sites (tertiary alicyclic amines) is 1. The molecule has 2 aliphatic rings. The van der Waals surface area contributed by atoms with Gasteiger partial charge in [0.15, 0.2) is 0 Å². The van der Waals surface area contributed by atoms with Crippen molar-refractivity contribution in [1.29, 1.82) is 0 Å². The summed E-state index contributed by atoms with van der Waals surface area (Å²) in [7, 11) is 0. The fourth-order valence-corrected chi connectivity index (χ4v) is 5.13. The number of rotatable bonds is 3. The lowest BCUT2D eigenvalue weighted by Gasteiger charge is -2.44. The molecular weight excluding hydrogens is 384 g/mol. The number of carbonyl (C=O) groups excluding carboxylic acids is 1. The summed E-state index contributed by atoms with van der Waals surface area (Å²) in [5.74, 6) is 0.457. The third kappa shape index (κ3) is 3.52. The molecule has 0 radical (unpaired) electrons. The predicted octanol–water partition coefficient (Wildman–Crippen LogP) is 3.99. The molecule has 1 N–H and O–H groups in total. The van der Waals surface area contributed by atoms with Crippen molar-refractivity contribution in [2.75, 3.05) is 25.0 Å². The van der Waals surface area contributed by atoms with E-state index in [4.69, 9.17) is 4.74 Å². The third-order valence-electron chi connectivity index (χ3n) is 5.73. The monoisotopic (exact) mass is 406 g/mol. The minimum Gasteiger partial charge on any atom is -0.370 e. The van der Waals surface area contributed by atoms with Gasteiger partial charge in [0.2, 0.25) is 5.95 Å². The third-order valence-corrected chi connectivity index (χ3v) is 6.71. The number of fused-ring (bicyclic) bond motifs is 2. The maximum atomic E-state index is 12.9. The maximum Gasteiger partial charge on any atom is 0.256 e. The number of nitrogens with one attached hydrogen (secondary N) is 1. The van der Waals surface area contributed by atoms with Gasteiger partial charge in [0, 0.05) is 42.5 Å². The molecule has 2 aliphatic heterocycles. The molecule has 0 atom stereocenters. The van der Waals surface area contributed by atoms with E-state index >= 15 is 0 Å². The summed E-state index contributed by atoms with van der Waals surface area (Å²) in [6.07, 6.45) is 5.85. The van der Waals surface area contributed by atoms with Crippen molar-refractivity contribution >= 4 is 28.9 Å². The van der Waals surface area contributed by atoms with Crippen LogP contribution in [0.25, 0.3) is 0 Å². The van der Waals surface area contributed by atoms with Crippen LogP contribution in [0.4, 0.5) is 11.6 Å². The number of benzene rings is 1. The molecule has 4 heterocycles. The molecule has 0 bridgehead atoms. The summed E-state index contributed by atoms with van der Waals surface area (Å²) in [5.41, 5.74) is 2.54. The zero-order valence-corrected chi connectivity index (χ0v) is 16.8. The molecule has 6 nitrogen and oxygen atoms in total. The molecule has 1 aromatic carbocycles. The van der Waals surface area contributed by atoms with Gasteiger partial charge in [0.05, 0.1) is 17.8 Å². The van der Waals surface area contributed by atoms with E-state index < -0.39 is 0 Å². The number of anilines is 2. The van der Waals surface area contributed by atoms with E-state index in [2.05, 4.69) is 26.7 Å². The summed E-state index contributed by atoms with van der Waals surface area (Å²) in [5, 5.41) is 5.29. The van der Waals surface area contributed by atoms with Gasteiger partial charge in [-0.2, -0.15) is 0 Å². The van der Waals surface area contributed by atoms with E-state index in [0.717, 1.165) is 31.6 Å². The first-order valence-corrected chi connectivity index (χ1v) is 10.8. The van der Waals surface area contributed by atoms with E-state index in [1.54, 1.807) is 12.4 Å². The number of carbonyl (C=O) groups is 1. The van der Waals surface area contributed by atoms with Gasteiger partial charge in [0.1, 0.15) is 0 Å². The maximum absolute atomic E-state index is 12.9. The molecule has 3 aromatic rings. The highest BCUT2D eigenvalue weighted by molar-refractivity contribution is 7.10. The molecule has 0 saturated carbocycles. The Labute approximate surface area is 173 Å². The Balaban J connectivity index is 1.24. The fraction of sp³-hybridized carbons (Fsp3) is 0.318. The molecule has 0 unspecified atom stereocenters. The van der Waals surface area contributed by atoms with Crippen molar-refractivity contribution in [1.82, 2.24) is 14.9 Å². The second-order valence-corrected chi connectivity index (χ2v) is 8.43. The Hall–Kier alpha value is -2.77. The molecule has 1 saturated heterocycles. The van der Waals surface area contributed by atoms with Crippen LogP contribution in [-0.4, -0.2) is 40.5 Å². The van der Waals surface area contributed by atoms with Crippen LogP contribution in [0.5, 0.6) is 0 Å². The van der Waals surface area contributed by atoms with E-state index in [9.17, 15) is 4.79 Å². The van der Waals surface area contributed by atoms with Crippen molar-refractivity contribution in [3.63, 3.8) is 0 Å². The van der Waals surface area contributed by atoms with Crippen LogP contribution in [0.3, 0.4) is 0 Å². The van der Waals surface area contributed by atoms with Crippen LogP contribution in [0.15, 0.2) is 54.2 Å². The Bertz CT molecular complexity index is 995. The first-order chi connectivity index (χ1) is 14.2. The highest BCUT2D eigenvalue weighted by Gasteiger charge is 2.42. The highest BCUT2D eigenvalue weighted by atomic mass is 32.1. The normalized spacial score (nSPS) is 17.7. The van der Waals surface area contributed by atoms with Crippen LogP contribution >= 0.6 is 11.3 Å². The van der Waals surface area contributed by atoms with Crippen molar-refractivity contribution < 1.29 is 9.53 Å². The molecular formula is C22H22N4O2S. The number of hydrogen-bond donors (Lipinski definition) is 1. The van der Waals surface area contributed by atoms with Crippen LogP contribution in [0.1, 0.15) is 33.6 Å². The van der Waals surface area contributed by atoms with Gasteiger partial charge in [-0.3, -0.25) is 4.79 Å². The largest absolute Gasteiger partial charge is 0.370 e. The molecule has 1 spiro atoms. The van der Waals surface area contributed by atoms with Gasteiger partial charge in [-0.15, -0.1) is 11.3 Å². The summed E-state index contributed by atoms with van der Waals surface area (Å²) in [4.78, 5) is 24.9. The standard InChI is InChI=1S/C22H22N4O2S/c27-20(16-14-23-21(24-15-16)25-17-4-2-1-3-5-17)26-10-8-22(9-11-26)18-7-13-29-19(18)6-12-28-22/h1-5,7,13-15H,6,8-12H2,(H,23,24,25). The SMILES string of the molecule is O=C(c1cnc(Nc2ccccc2)nc1)N1CCC2(CC1)OCCc1sccc12. The van der Waals surface area contributed by atoms with Gasteiger partial charge in [-0.05, 0) is 42.0 Å². The Morgan fingerprint density at radius 1 is 1.10 bits per heavy atom. The van der Waals surface area contributed by atoms with Crippen LogP contribution in [-0.2, 0) is 16.8 Å². The van der Waals surface area contributed by atoms with Crippen molar-refractivity contribution in [2.45, 2.75) is 24.9 Å². The molecule has 5 rings (SSSR count). The Morgan fingerprint density at radius 2 is 1.86 bits per heavy atom.